The van der Waals surface area contributed by atoms with E-state index in [0.29, 0.717) is 13.0 Å². The number of ether oxygens (including phenoxy) is 2. The number of nitrogens with zero attached hydrogens (tertiary/aromatic N) is 4. The Hall–Kier alpha value is -3.68. The van der Waals surface area contributed by atoms with Crippen molar-refractivity contribution < 1.29 is 9.47 Å². The molecule has 4 heterocycles. The van der Waals surface area contributed by atoms with Gasteiger partial charge in [0.1, 0.15) is 23.4 Å². The van der Waals surface area contributed by atoms with Gasteiger partial charge in [-0.15, -0.1) is 0 Å². The Morgan fingerprint density at radius 3 is 2.50 bits per heavy atom. The molecule has 7 heteroatoms. The van der Waals surface area contributed by atoms with Crippen LogP contribution in [0.1, 0.15) is 28.9 Å². The lowest BCUT2D eigenvalue weighted by Gasteiger charge is -2.46. The summed E-state index contributed by atoms with van der Waals surface area (Å²) in [6.07, 6.45) is 6.11. The Balaban J connectivity index is 1.62. The van der Waals surface area contributed by atoms with E-state index in [1.54, 1.807) is 6.26 Å². The number of fused-ring (bicyclic) bond motifs is 1. The Morgan fingerprint density at radius 2 is 1.75 bits per heavy atom. The van der Waals surface area contributed by atoms with Gasteiger partial charge >= 0.3 is 0 Å². The molecule has 7 nitrogen and oxygen atoms in total. The molecule has 184 valence electrons. The highest BCUT2D eigenvalue weighted by Gasteiger charge is 2.46. The molecule has 0 bridgehead atoms. The predicted octanol–water partition coefficient (Wildman–Crippen LogP) is 4.17. The van der Waals surface area contributed by atoms with E-state index >= 15 is 0 Å². The molecule has 0 amide bonds. The van der Waals surface area contributed by atoms with E-state index in [-0.39, 0.29) is 6.79 Å². The second kappa shape index (κ2) is 9.76. The summed E-state index contributed by atoms with van der Waals surface area (Å²) >= 11 is 0. The van der Waals surface area contributed by atoms with E-state index in [0.717, 1.165) is 48.8 Å². The smallest absolute Gasteiger partial charge is 0.229 e. The second-order valence-corrected chi connectivity index (χ2v) is 9.52. The lowest BCUT2D eigenvalue weighted by molar-refractivity contribution is 0.0510. The monoisotopic (exact) mass is 481 g/mol. The van der Waals surface area contributed by atoms with Crippen LogP contribution in [0.2, 0.25) is 0 Å². The van der Waals surface area contributed by atoms with Gasteiger partial charge < -0.3 is 19.4 Å². The molecule has 2 aliphatic heterocycles. The maximum Gasteiger partial charge on any atom is 0.229 e. The quantitative estimate of drug-likeness (QED) is 0.427. The summed E-state index contributed by atoms with van der Waals surface area (Å²) in [6, 6.07) is 21.5. The van der Waals surface area contributed by atoms with Gasteiger partial charge in [0.05, 0.1) is 11.0 Å². The zero-order valence-corrected chi connectivity index (χ0v) is 20.6. The van der Waals surface area contributed by atoms with Crippen LogP contribution in [0.25, 0.3) is 11.0 Å². The molecule has 4 aromatic rings. The van der Waals surface area contributed by atoms with Crippen LogP contribution in [0.5, 0.6) is 0 Å². The fraction of sp³-hybridized carbons (Fsp3) is 0.310. The lowest BCUT2D eigenvalue weighted by Crippen LogP contribution is -2.56. The van der Waals surface area contributed by atoms with Crippen LogP contribution in [0.15, 0.2) is 85.1 Å². The van der Waals surface area contributed by atoms with Gasteiger partial charge in [0.15, 0.2) is 0 Å². The first-order chi connectivity index (χ1) is 17.7. The van der Waals surface area contributed by atoms with Crippen molar-refractivity contribution in [1.82, 2.24) is 24.8 Å². The number of hydrogen-bond acceptors (Lipinski definition) is 6. The lowest BCUT2D eigenvalue weighted by atomic mass is 9.81. The molecule has 2 aromatic carbocycles. The van der Waals surface area contributed by atoms with Gasteiger partial charge in [0.25, 0.3) is 0 Å². The summed E-state index contributed by atoms with van der Waals surface area (Å²) in [6.45, 7) is 6.75. The fourth-order valence-corrected chi connectivity index (χ4v) is 5.46. The fourth-order valence-electron chi connectivity index (χ4n) is 5.46. The summed E-state index contributed by atoms with van der Waals surface area (Å²) < 4.78 is 13.8. The number of pyridine rings is 1. The standard InChI is InChI=1S/C29H31N5O2/c1-22-6-8-24(9-7-22)29(18-25-20-35-21-36-25,33-16-14-31-15-17-33)28-32-26-4-2-3-5-27(26)34(28)19-23-10-12-30-13-11-23/h2-13,20,31H,14-19,21H2,1H3. The number of rotatable bonds is 7. The zero-order valence-electron chi connectivity index (χ0n) is 20.6. The number of para-hydroxylation sites is 2. The topological polar surface area (TPSA) is 64.4 Å². The largest absolute Gasteiger partial charge is 0.462 e. The minimum absolute atomic E-state index is 0.258. The van der Waals surface area contributed by atoms with Crippen molar-refractivity contribution in [1.29, 1.82) is 0 Å². The van der Waals surface area contributed by atoms with Crippen LogP contribution in [-0.4, -0.2) is 52.4 Å². The van der Waals surface area contributed by atoms with Gasteiger partial charge in [-0.05, 0) is 42.3 Å². The van der Waals surface area contributed by atoms with Gasteiger partial charge in [-0.1, -0.05) is 42.0 Å². The molecular formula is C29H31N5O2. The highest BCUT2D eigenvalue weighted by molar-refractivity contribution is 5.76. The Bertz CT molecular complexity index is 1360. The summed E-state index contributed by atoms with van der Waals surface area (Å²) in [4.78, 5) is 12.2. The zero-order chi connectivity index (χ0) is 24.4. The predicted molar refractivity (Wildman–Crippen MR) is 139 cm³/mol. The average Bonchev–Trinajstić information content (AvgIpc) is 3.57. The summed E-state index contributed by atoms with van der Waals surface area (Å²) in [5.41, 5.74) is 5.20. The van der Waals surface area contributed by atoms with Crippen molar-refractivity contribution in [3.8, 4) is 0 Å². The van der Waals surface area contributed by atoms with Gasteiger partial charge in [-0.3, -0.25) is 9.88 Å². The van der Waals surface area contributed by atoms with Crippen molar-refractivity contribution in [3.63, 3.8) is 0 Å². The number of imidazole rings is 1. The Morgan fingerprint density at radius 1 is 0.972 bits per heavy atom. The number of aryl methyl sites for hydroxylation is 1. The van der Waals surface area contributed by atoms with Crippen LogP contribution >= 0.6 is 0 Å². The third-order valence-electron chi connectivity index (χ3n) is 7.26. The van der Waals surface area contributed by atoms with Crippen molar-refractivity contribution in [2.75, 3.05) is 33.0 Å². The molecule has 1 fully saturated rings. The maximum absolute atomic E-state index is 5.95. The van der Waals surface area contributed by atoms with Crippen LogP contribution in [0.4, 0.5) is 0 Å². The van der Waals surface area contributed by atoms with Crippen LogP contribution in [0, 0.1) is 6.92 Å². The van der Waals surface area contributed by atoms with Crippen molar-refractivity contribution in [2.45, 2.75) is 25.4 Å². The highest BCUT2D eigenvalue weighted by atomic mass is 16.7. The number of hydrogen-bond donors (Lipinski definition) is 1. The van der Waals surface area contributed by atoms with Gasteiger partial charge in [-0.25, -0.2) is 4.98 Å². The molecule has 1 N–H and O–H groups in total. The first-order valence-corrected chi connectivity index (χ1v) is 12.5. The number of nitrogens with one attached hydrogen (secondary N) is 1. The normalized spacial score (nSPS) is 17.9. The van der Waals surface area contributed by atoms with Crippen LogP contribution in [0.3, 0.4) is 0 Å². The first-order valence-electron chi connectivity index (χ1n) is 12.5. The van der Waals surface area contributed by atoms with E-state index in [9.17, 15) is 0 Å². The molecule has 1 unspecified atom stereocenters. The molecule has 6 rings (SSSR count). The molecule has 0 saturated carbocycles. The summed E-state index contributed by atoms with van der Waals surface area (Å²) in [5.74, 6) is 1.86. The molecule has 0 spiro atoms. The van der Waals surface area contributed by atoms with Crippen molar-refractivity contribution >= 4 is 11.0 Å². The van der Waals surface area contributed by atoms with E-state index in [4.69, 9.17) is 14.5 Å². The molecule has 2 aliphatic rings. The number of piperazine rings is 1. The third-order valence-corrected chi connectivity index (χ3v) is 7.26. The van der Waals surface area contributed by atoms with E-state index in [1.807, 2.05) is 12.4 Å². The average molecular weight is 482 g/mol. The van der Waals surface area contributed by atoms with Gasteiger partial charge in [-0.2, -0.15) is 0 Å². The SMILES string of the molecule is Cc1ccc(C(CC2=COCO2)(c2nc3ccccc3n2Cc2ccncc2)N2CCNCC2)cc1. The minimum Gasteiger partial charge on any atom is -0.462 e. The minimum atomic E-state index is -0.540. The molecule has 1 atom stereocenters. The van der Waals surface area contributed by atoms with Crippen molar-refractivity contribution in [3.05, 3.63) is 108 Å². The Labute approximate surface area is 211 Å². The molecular weight excluding hydrogens is 450 g/mol. The van der Waals surface area contributed by atoms with Crippen LogP contribution in [-0.2, 0) is 21.6 Å². The number of aromatic nitrogens is 3. The molecule has 1 saturated heterocycles. The highest BCUT2D eigenvalue weighted by Crippen LogP contribution is 2.43. The van der Waals surface area contributed by atoms with Crippen LogP contribution < -0.4 is 5.32 Å². The van der Waals surface area contributed by atoms with E-state index in [2.05, 4.69) is 87.4 Å². The van der Waals surface area contributed by atoms with Gasteiger partial charge in [0.2, 0.25) is 6.79 Å². The maximum atomic E-state index is 5.95. The Kier molecular flexibility index (Phi) is 6.17. The summed E-state index contributed by atoms with van der Waals surface area (Å²) in [5, 5.41) is 3.53. The summed E-state index contributed by atoms with van der Waals surface area (Å²) in [7, 11) is 0. The van der Waals surface area contributed by atoms with Crippen molar-refractivity contribution in [2.24, 2.45) is 0 Å². The molecule has 0 radical (unpaired) electrons. The molecule has 0 aliphatic carbocycles. The van der Waals surface area contributed by atoms with E-state index < -0.39 is 5.54 Å². The first kappa shape index (κ1) is 22.8. The molecule has 2 aromatic heterocycles. The second-order valence-electron chi connectivity index (χ2n) is 9.52. The third kappa shape index (κ3) is 4.14. The van der Waals surface area contributed by atoms with Gasteiger partial charge in [0, 0.05) is 51.5 Å². The van der Waals surface area contributed by atoms with E-state index in [1.165, 1.54) is 16.7 Å². The number of benzene rings is 2. The molecule has 36 heavy (non-hydrogen) atoms.